The summed E-state index contributed by atoms with van der Waals surface area (Å²) in [4.78, 5) is 0. The van der Waals surface area contributed by atoms with Crippen LogP contribution in [0.3, 0.4) is 0 Å². The summed E-state index contributed by atoms with van der Waals surface area (Å²) < 4.78 is 0. The maximum atomic E-state index is 2.30. The molecule has 0 bridgehead atoms. The van der Waals surface area contributed by atoms with E-state index in [-0.39, 0.29) is 0 Å². The van der Waals surface area contributed by atoms with Gasteiger partial charge in [0, 0.05) is 0 Å². The maximum Gasteiger partial charge on any atom is -0.00236 e. The predicted octanol–water partition coefficient (Wildman–Crippen LogP) is 4.89. The summed E-state index contributed by atoms with van der Waals surface area (Å²) >= 11 is 0. The zero-order valence-electron chi connectivity index (χ0n) is 9.70. The molecule has 0 aliphatic rings. The summed E-state index contributed by atoms with van der Waals surface area (Å²) in [7, 11) is 0. The van der Waals surface area contributed by atoms with Gasteiger partial charge in [0.2, 0.25) is 0 Å². The lowest BCUT2D eigenvalue weighted by molar-refractivity contribution is 1.63. The number of hydrogen-bond donors (Lipinski definition) is 0. The third-order valence-corrected chi connectivity index (χ3v) is 3.78. The molecule has 0 nitrogen and oxygen atoms in total. The normalized spacial score (nSPS) is 11.8. The molecule has 4 aromatic carbocycles. The zero-order valence-corrected chi connectivity index (χ0v) is 9.70. The Morgan fingerprint density at radius 1 is 0.647 bits per heavy atom. The van der Waals surface area contributed by atoms with E-state index in [1.54, 1.807) is 0 Å². The second-order valence-electron chi connectivity index (χ2n) is 4.69. The Kier molecular flexibility index (Phi) is 1.58. The van der Waals surface area contributed by atoms with Crippen LogP contribution in [0.4, 0.5) is 0 Å². The van der Waals surface area contributed by atoms with Crippen LogP contribution in [0.5, 0.6) is 0 Å². The Morgan fingerprint density at radius 2 is 1.12 bits per heavy atom. The van der Waals surface area contributed by atoms with Crippen LogP contribution >= 0.6 is 0 Å². The number of hydrogen-bond acceptors (Lipinski definition) is 0. The van der Waals surface area contributed by atoms with Crippen molar-refractivity contribution in [1.82, 2.24) is 0 Å². The molecule has 0 saturated carbocycles. The fourth-order valence-corrected chi connectivity index (χ4v) is 3.00. The second kappa shape index (κ2) is 2.98. The van der Waals surface area contributed by atoms with Crippen molar-refractivity contribution >= 4 is 32.3 Å². The summed E-state index contributed by atoms with van der Waals surface area (Å²) in [5.41, 5.74) is 1.40. The van der Waals surface area contributed by atoms with E-state index in [9.17, 15) is 0 Å². The van der Waals surface area contributed by atoms with E-state index in [4.69, 9.17) is 0 Å². The lowest BCUT2D eigenvalue weighted by Gasteiger charge is -1.87. The van der Waals surface area contributed by atoms with Crippen LogP contribution in [0, 0.1) is 6.92 Å². The average molecular weight is 216 g/mol. The summed E-state index contributed by atoms with van der Waals surface area (Å²) in [6.07, 6.45) is 0. The van der Waals surface area contributed by atoms with Crippen molar-refractivity contribution in [2.45, 2.75) is 6.92 Å². The molecule has 0 saturated heterocycles. The Hall–Kier alpha value is -2.08. The van der Waals surface area contributed by atoms with E-state index in [1.807, 2.05) is 0 Å². The van der Waals surface area contributed by atoms with Crippen LogP contribution in [-0.4, -0.2) is 0 Å². The van der Waals surface area contributed by atoms with Crippen molar-refractivity contribution in [2.24, 2.45) is 0 Å². The fourth-order valence-electron chi connectivity index (χ4n) is 3.00. The molecule has 0 aliphatic heterocycles. The van der Waals surface area contributed by atoms with Crippen molar-refractivity contribution in [3.8, 4) is 0 Å². The Morgan fingerprint density at radius 3 is 1.65 bits per heavy atom. The highest BCUT2D eigenvalue weighted by atomic mass is 14.2. The minimum atomic E-state index is 1.35. The molecule has 0 radical (unpaired) electrons. The molecule has 0 atom stereocenters. The quantitative estimate of drug-likeness (QED) is 0.392. The van der Waals surface area contributed by atoms with Crippen molar-refractivity contribution in [1.29, 1.82) is 0 Å². The molecule has 80 valence electrons. The molecule has 0 aliphatic carbocycles. The monoisotopic (exact) mass is 216 g/mol. The molecule has 4 aromatic rings. The van der Waals surface area contributed by atoms with Crippen LogP contribution in [0.1, 0.15) is 5.56 Å². The van der Waals surface area contributed by atoms with E-state index >= 15 is 0 Å². The summed E-state index contributed by atoms with van der Waals surface area (Å²) in [6.45, 7) is 2.23. The van der Waals surface area contributed by atoms with Crippen LogP contribution in [0.2, 0.25) is 0 Å². The Balaban J connectivity index is 2.54. The van der Waals surface area contributed by atoms with E-state index in [0.717, 1.165) is 0 Å². The van der Waals surface area contributed by atoms with Crippen molar-refractivity contribution in [3.63, 3.8) is 0 Å². The third kappa shape index (κ3) is 1.03. The molecular weight excluding hydrogens is 204 g/mol. The van der Waals surface area contributed by atoms with E-state index < -0.39 is 0 Å². The maximum absolute atomic E-state index is 2.30. The van der Waals surface area contributed by atoms with Gasteiger partial charge in [0.1, 0.15) is 0 Å². The molecular formula is C17H12. The molecule has 0 N–H and O–H groups in total. The average Bonchev–Trinajstić information content (AvgIpc) is 2.63. The van der Waals surface area contributed by atoms with E-state index in [0.29, 0.717) is 0 Å². The van der Waals surface area contributed by atoms with Crippen LogP contribution in [0.25, 0.3) is 32.3 Å². The molecule has 4 rings (SSSR count). The molecule has 0 fully saturated rings. The van der Waals surface area contributed by atoms with Crippen molar-refractivity contribution in [2.75, 3.05) is 0 Å². The molecule has 0 heteroatoms. The van der Waals surface area contributed by atoms with Gasteiger partial charge < -0.3 is 0 Å². The first-order valence-electron chi connectivity index (χ1n) is 5.98. The molecule has 0 spiro atoms. The lowest BCUT2D eigenvalue weighted by atomic mass is 10.2. The molecule has 0 amide bonds. The van der Waals surface area contributed by atoms with E-state index in [1.165, 1.54) is 37.9 Å². The van der Waals surface area contributed by atoms with Crippen LogP contribution < -0.4 is 0 Å². The van der Waals surface area contributed by atoms with Crippen molar-refractivity contribution < 1.29 is 0 Å². The van der Waals surface area contributed by atoms with E-state index in [2.05, 4.69) is 61.5 Å². The first-order valence-corrected chi connectivity index (χ1v) is 5.98. The number of aryl methyl sites for hydroxylation is 1. The highest BCUT2D eigenvalue weighted by Gasteiger charge is 2.13. The van der Waals surface area contributed by atoms with Crippen molar-refractivity contribution in [3.05, 3.63) is 60.2 Å². The standard InChI is InChI=1S/C17H12/c1-11-14-8-4-2-6-12-10-13-7-3-5-9-15(11)17(13)16(12)14/h2-10H,1H3. The highest BCUT2D eigenvalue weighted by Crippen LogP contribution is 2.40. The zero-order chi connectivity index (χ0) is 11.4. The Bertz CT molecular complexity index is 772. The first-order chi connectivity index (χ1) is 8.36. The van der Waals surface area contributed by atoms with Gasteiger partial charge in [-0.15, -0.1) is 0 Å². The molecule has 0 aromatic heterocycles. The smallest absolute Gasteiger partial charge is 0.00236 e. The fraction of sp³-hybridized carbons (Fsp3) is 0.0588. The van der Waals surface area contributed by atoms with Gasteiger partial charge in [-0.25, -0.2) is 0 Å². The van der Waals surface area contributed by atoms with Gasteiger partial charge in [-0.3, -0.25) is 0 Å². The van der Waals surface area contributed by atoms with Gasteiger partial charge in [0.05, 0.1) is 0 Å². The largest absolute Gasteiger partial charge is 0.0616 e. The minimum Gasteiger partial charge on any atom is -0.0616 e. The summed E-state index contributed by atoms with van der Waals surface area (Å²) in [5.74, 6) is 0. The van der Waals surface area contributed by atoms with Gasteiger partial charge in [-0.05, 0) is 50.9 Å². The Labute approximate surface area is 99.8 Å². The SMILES string of the molecule is Cc1c2ccccc3cc4ccccc1c4c32. The molecule has 0 heterocycles. The summed E-state index contributed by atoms with van der Waals surface area (Å²) in [6, 6.07) is 19.7. The predicted molar refractivity (Wildman–Crippen MR) is 74.9 cm³/mol. The van der Waals surface area contributed by atoms with Gasteiger partial charge in [0.25, 0.3) is 0 Å². The lowest BCUT2D eigenvalue weighted by Crippen LogP contribution is -1.64. The highest BCUT2D eigenvalue weighted by molar-refractivity contribution is 6.29. The van der Waals surface area contributed by atoms with Crippen LogP contribution in [0.15, 0.2) is 54.6 Å². The first kappa shape index (κ1) is 9.00. The van der Waals surface area contributed by atoms with Gasteiger partial charge in [-0.1, -0.05) is 48.5 Å². The molecule has 17 heavy (non-hydrogen) atoms. The number of rotatable bonds is 0. The van der Waals surface area contributed by atoms with Gasteiger partial charge >= 0.3 is 0 Å². The molecule has 0 unspecified atom stereocenters. The summed E-state index contributed by atoms with van der Waals surface area (Å²) in [5, 5.41) is 8.33. The second-order valence-corrected chi connectivity index (χ2v) is 4.69. The van der Waals surface area contributed by atoms with Gasteiger partial charge in [-0.2, -0.15) is 0 Å². The third-order valence-electron chi connectivity index (χ3n) is 3.78. The van der Waals surface area contributed by atoms with Gasteiger partial charge in [0.15, 0.2) is 0 Å². The topological polar surface area (TPSA) is 0 Å². The minimum absolute atomic E-state index is 1.35. The van der Waals surface area contributed by atoms with Crippen LogP contribution in [-0.2, 0) is 0 Å².